The summed E-state index contributed by atoms with van der Waals surface area (Å²) < 4.78 is 12.7. The topological polar surface area (TPSA) is 57.5 Å². The molecule has 0 bridgehead atoms. The molecule has 0 aliphatic rings. The smallest absolute Gasteiger partial charge is 0.344 e. The maximum absolute atomic E-state index is 12.6. The summed E-state index contributed by atoms with van der Waals surface area (Å²) in [4.78, 5) is 25.8. The molecule has 0 fully saturated rings. The van der Waals surface area contributed by atoms with Gasteiger partial charge in [0.2, 0.25) is 5.78 Å². The number of thiophene rings is 1. The number of hydrogen-bond acceptors (Lipinski definition) is 5. The quantitative estimate of drug-likeness (QED) is 0.384. The van der Waals surface area contributed by atoms with Gasteiger partial charge in [-0.05, 0) is 56.3 Å². The van der Waals surface area contributed by atoms with Gasteiger partial charge in [-0.15, -0.1) is 11.3 Å². The zero-order valence-electron chi connectivity index (χ0n) is 16.9. The highest BCUT2D eigenvalue weighted by atomic mass is 32.1. The molecule has 0 N–H and O–H groups in total. The fourth-order valence-electron chi connectivity index (χ4n) is 3.22. The van der Waals surface area contributed by atoms with E-state index in [1.807, 2.05) is 51.1 Å². The third-order valence-corrected chi connectivity index (χ3v) is 5.78. The molecule has 2 heterocycles. The minimum atomic E-state index is -0.562. The third-order valence-electron chi connectivity index (χ3n) is 4.84. The number of hydrogen-bond donors (Lipinski definition) is 0. The summed E-state index contributed by atoms with van der Waals surface area (Å²) in [5.74, 6) is -0.136. The molecule has 0 amide bonds. The van der Waals surface area contributed by atoms with E-state index in [1.54, 1.807) is 17.4 Å². The van der Waals surface area contributed by atoms with Crippen LogP contribution in [0.25, 0.3) is 0 Å². The molecule has 2 aromatic heterocycles. The predicted molar refractivity (Wildman–Crippen MR) is 114 cm³/mol. The number of rotatable bonds is 9. The Morgan fingerprint density at radius 2 is 1.83 bits per heavy atom. The van der Waals surface area contributed by atoms with E-state index >= 15 is 0 Å². The maximum Gasteiger partial charge on any atom is 0.344 e. The van der Waals surface area contributed by atoms with E-state index in [-0.39, 0.29) is 19.0 Å². The number of aromatic nitrogens is 1. The number of carbonyl (C=O) groups excluding carboxylic acids is 2. The zero-order valence-corrected chi connectivity index (χ0v) is 17.8. The van der Waals surface area contributed by atoms with E-state index in [4.69, 9.17) is 9.47 Å². The second kappa shape index (κ2) is 9.56. The molecule has 3 rings (SSSR count). The van der Waals surface area contributed by atoms with Gasteiger partial charge in [-0.1, -0.05) is 24.3 Å². The van der Waals surface area contributed by atoms with Gasteiger partial charge in [0, 0.05) is 28.4 Å². The molecular formula is C23H25NO4S. The Morgan fingerprint density at radius 3 is 2.55 bits per heavy atom. The monoisotopic (exact) mass is 411 g/mol. The fraction of sp³-hybridized carbons (Fsp3) is 0.304. The van der Waals surface area contributed by atoms with Crippen LogP contribution in [0.4, 0.5) is 0 Å². The van der Waals surface area contributed by atoms with Crippen molar-refractivity contribution >= 4 is 23.1 Å². The number of para-hydroxylation sites is 1. The highest BCUT2D eigenvalue weighted by Crippen LogP contribution is 2.19. The molecule has 1 aromatic carbocycles. The fourth-order valence-corrected chi connectivity index (χ4v) is 3.92. The van der Waals surface area contributed by atoms with Crippen LogP contribution in [0, 0.1) is 20.8 Å². The summed E-state index contributed by atoms with van der Waals surface area (Å²) in [6, 6.07) is 13.5. The SMILES string of the molecule is Cc1ccccc1OCC(=O)OCC(=O)c1cc(C)n(CCc2cccs2)c1C. The van der Waals surface area contributed by atoms with Crippen LogP contribution >= 0.6 is 11.3 Å². The summed E-state index contributed by atoms with van der Waals surface area (Å²) in [7, 11) is 0. The standard InChI is InChI=1S/C23H25NO4S/c1-16-7-4-5-9-22(16)27-15-23(26)28-14-21(25)20-13-17(2)24(18(20)3)11-10-19-8-6-12-29-19/h4-9,12-13H,10-11,14-15H2,1-3H3. The average molecular weight is 412 g/mol. The van der Waals surface area contributed by atoms with Crippen molar-refractivity contribution in [1.82, 2.24) is 4.57 Å². The molecule has 0 saturated carbocycles. The molecule has 0 saturated heterocycles. The Labute approximate surface area is 174 Å². The van der Waals surface area contributed by atoms with Gasteiger partial charge < -0.3 is 14.0 Å². The van der Waals surface area contributed by atoms with Crippen molar-refractivity contribution in [3.63, 3.8) is 0 Å². The van der Waals surface area contributed by atoms with Crippen molar-refractivity contribution < 1.29 is 19.1 Å². The lowest BCUT2D eigenvalue weighted by molar-refractivity contribution is -0.144. The summed E-state index contributed by atoms with van der Waals surface area (Å²) in [6.07, 6.45) is 0.923. The normalized spacial score (nSPS) is 10.7. The second-order valence-corrected chi connectivity index (χ2v) is 7.94. The molecule has 5 nitrogen and oxygen atoms in total. The Hall–Kier alpha value is -2.86. The van der Waals surface area contributed by atoms with Gasteiger partial charge in [0.25, 0.3) is 0 Å². The molecule has 0 radical (unpaired) electrons. The van der Waals surface area contributed by atoms with Crippen LogP contribution in [0.3, 0.4) is 0 Å². The first kappa shape index (κ1) is 20.9. The van der Waals surface area contributed by atoms with Gasteiger partial charge in [-0.25, -0.2) is 4.79 Å². The van der Waals surface area contributed by atoms with Gasteiger partial charge in [-0.3, -0.25) is 4.79 Å². The van der Waals surface area contributed by atoms with Crippen LogP contribution in [-0.4, -0.2) is 29.5 Å². The van der Waals surface area contributed by atoms with Crippen LogP contribution in [0.2, 0.25) is 0 Å². The zero-order chi connectivity index (χ0) is 20.8. The number of ketones is 1. The number of Topliss-reactive ketones (excluding diaryl/α,β-unsaturated/α-hetero) is 1. The van der Waals surface area contributed by atoms with Crippen LogP contribution in [0.15, 0.2) is 47.8 Å². The maximum atomic E-state index is 12.6. The number of nitrogens with zero attached hydrogens (tertiary/aromatic N) is 1. The first-order valence-electron chi connectivity index (χ1n) is 9.52. The van der Waals surface area contributed by atoms with E-state index in [0.29, 0.717) is 11.3 Å². The van der Waals surface area contributed by atoms with Crippen molar-refractivity contribution in [3.8, 4) is 5.75 Å². The van der Waals surface area contributed by atoms with E-state index in [0.717, 1.165) is 29.9 Å². The minimum absolute atomic E-state index is 0.204. The second-order valence-electron chi connectivity index (χ2n) is 6.90. The molecule has 6 heteroatoms. The van der Waals surface area contributed by atoms with Gasteiger partial charge in [-0.2, -0.15) is 0 Å². The molecule has 152 valence electrons. The van der Waals surface area contributed by atoms with Crippen LogP contribution in [-0.2, 0) is 22.5 Å². The summed E-state index contributed by atoms with van der Waals surface area (Å²) in [5.41, 5.74) is 3.46. The van der Waals surface area contributed by atoms with E-state index in [9.17, 15) is 9.59 Å². The lowest BCUT2D eigenvalue weighted by Crippen LogP contribution is -2.20. The lowest BCUT2D eigenvalue weighted by Gasteiger charge is -2.10. The number of benzene rings is 1. The van der Waals surface area contributed by atoms with E-state index in [1.165, 1.54) is 4.88 Å². The summed E-state index contributed by atoms with van der Waals surface area (Å²) in [6.45, 7) is 6.12. The van der Waals surface area contributed by atoms with Crippen molar-refractivity contribution in [2.75, 3.05) is 13.2 Å². The summed E-state index contributed by atoms with van der Waals surface area (Å²) in [5, 5.41) is 2.07. The highest BCUT2D eigenvalue weighted by Gasteiger charge is 2.17. The lowest BCUT2D eigenvalue weighted by atomic mass is 10.1. The third kappa shape index (κ3) is 5.35. The largest absolute Gasteiger partial charge is 0.482 e. The number of aryl methyl sites for hydroxylation is 3. The summed E-state index contributed by atoms with van der Waals surface area (Å²) >= 11 is 1.73. The molecule has 29 heavy (non-hydrogen) atoms. The van der Waals surface area contributed by atoms with E-state index < -0.39 is 5.97 Å². The first-order chi connectivity index (χ1) is 14.0. The van der Waals surface area contributed by atoms with Crippen LogP contribution in [0.1, 0.15) is 32.2 Å². The predicted octanol–water partition coefficient (Wildman–Crippen LogP) is 4.52. The van der Waals surface area contributed by atoms with Crippen molar-refractivity contribution in [2.45, 2.75) is 33.7 Å². The Bertz CT molecular complexity index is 988. The Kier molecular flexibility index (Phi) is 6.88. The Morgan fingerprint density at radius 1 is 1.03 bits per heavy atom. The van der Waals surface area contributed by atoms with Gasteiger partial charge in [0.05, 0.1) is 0 Å². The van der Waals surface area contributed by atoms with Crippen LogP contribution in [0.5, 0.6) is 5.75 Å². The van der Waals surface area contributed by atoms with Gasteiger partial charge in [0.1, 0.15) is 5.75 Å². The molecule has 3 aromatic rings. The average Bonchev–Trinajstić information content (AvgIpc) is 3.32. The highest BCUT2D eigenvalue weighted by molar-refractivity contribution is 7.09. The van der Waals surface area contributed by atoms with Gasteiger partial charge >= 0.3 is 5.97 Å². The van der Waals surface area contributed by atoms with Crippen molar-refractivity contribution in [2.24, 2.45) is 0 Å². The Balaban J connectivity index is 1.53. The van der Waals surface area contributed by atoms with Crippen LogP contribution < -0.4 is 4.74 Å². The number of esters is 1. The molecular weight excluding hydrogens is 386 g/mol. The molecule has 0 spiro atoms. The molecule has 0 atom stereocenters. The molecule has 0 aliphatic heterocycles. The first-order valence-corrected chi connectivity index (χ1v) is 10.4. The van der Waals surface area contributed by atoms with Gasteiger partial charge in [0.15, 0.2) is 13.2 Å². The minimum Gasteiger partial charge on any atom is -0.482 e. The number of carbonyl (C=O) groups is 2. The number of ether oxygens (including phenoxy) is 2. The van der Waals surface area contributed by atoms with Crippen molar-refractivity contribution in [1.29, 1.82) is 0 Å². The molecule has 0 aliphatic carbocycles. The molecule has 0 unspecified atom stereocenters. The van der Waals surface area contributed by atoms with Crippen molar-refractivity contribution in [3.05, 3.63) is 75.2 Å². The van der Waals surface area contributed by atoms with E-state index in [2.05, 4.69) is 16.0 Å².